The van der Waals surface area contributed by atoms with Gasteiger partial charge in [0.25, 0.3) is 0 Å². The summed E-state index contributed by atoms with van der Waals surface area (Å²) >= 11 is 1.86. The summed E-state index contributed by atoms with van der Waals surface area (Å²) in [7, 11) is 1.87. The number of hydrogen-bond donors (Lipinski definition) is 0. The first-order chi connectivity index (χ1) is 7.65. The zero-order chi connectivity index (χ0) is 12.0. The lowest BCUT2D eigenvalue weighted by Gasteiger charge is -2.23. The van der Waals surface area contributed by atoms with Gasteiger partial charge in [0, 0.05) is 26.3 Å². The normalized spacial score (nSPS) is 16.8. The van der Waals surface area contributed by atoms with Gasteiger partial charge in [0.05, 0.1) is 0 Å². The quantitative estimate of drug-likeness (QED) is 0.735. The zero-order valence-corrected chi connectivity index (χ0v) is 11.2. The summed E-state index contributed by atoms with van der Waals surface area (Å²) in [6.45, 7) is 4.71. The third kappa shape index (κ3) is 4.05. The van der Waals surface area contributed by atoms with Crippen molar-refractivity contribution in [3.05, 3.63) is 23.1 Å². The SMILES string of the molecule is CCC(CCN(C)C(C)=O)C1=CC=CSC1. The van der Waals surface area contributed by atoms with Crippen LogP contribution in [-0.4, -0.2) is 30.2 Å². The summed E-state index contributed by atoms with van der Waals surface area (Å²) in [6.07, 6.45) is 6.60. The average Bonchev–Trinajstić information content (AvgIpc) is 2.30. The molecule has 0 radical (unpaired) electrons. The van der Waals surface area contributed by atoms with E-state index in [9.17, 15) is 4.79 Å². The molecule has 3 heteroatoms. The van der Waals surface area contributed by atoms with Crippen molar-refractivity contribution in [3.8, 4) is 0 Å². The van der Waals surface area contributed by atoms with Crippen molar-refractivity contribution in [2.45, 2.75) is 26.7 Å². The smallest absolute Gasteiger partial charge is 0.219 e. The van der Waals surface area contributed by atoms with E-state index >= 15 is 0 Å². The van der Waals surface area contributed by atoms with Gasteiger partial charge in [-0.25, -0.2) is 0 Å². The molecule has 1 unspecified atom stereocenters. The van der Waals surface area contributed by atoms with Gasteiger partial charge in [-0.3, -0.25) is 4.79 Å². The topological polar surface area (TPSA) is 20.3 Å². The Morgan fingerprint density at radius 1 is 1.62 bits per heavy atom. The van der Waals surface area contributed by atoms with E-state index in [0.717, 1.165) is 25.1 Å². The van der Waals surface area contributed by atoms with Gasteiger partial charge in [0.15, 0.2) is 0 Å². The molecule has 1 heterocycles. The number of amides is 1. The summed E-state index contributed by atoms with van der Waals surface area (Å²) in [6, 6.07) is 0. The Labute approximate surface area is 103 Å². The lowest BCUT2D eigenvalue weighted by atomic mass is 9.93. The first-order valence-electron chi connectivity index (χ1n) is 5.84. The maximum Gasteiger partial charge on any atom is 0.219 e. The molecule has 0 aromatic rings. The summed E-state index contributed by atoms with van der Waals surface area (Å²) in [4.78, 5) is 12.9. The first-order valence-corrected chi connectivity index (χ1v) is 6.89. The predicted octanol–water partition coefficient (Wildman–Crippen LogP) is 3.07. The van der Waals surface area contributed by atoms with Crippen LogP contribution in [0.1, 0.15) is 26.7 Å². The summed E-state index contributed by atoms with van der Waals surface area (Å²) in [5.74, 6) is 1.89. The number of allylic oxidation sites excluding steroid dienone is 2. The molecular weight excluding hydrogens is 218 g/mol. The molecule has 1 rings (SSSR count). The van der Waals surface area contributed by atoms with Gasteiger partial charge >= 0.3 is 0 Å². The zero-order valence-electron chi connectivity index (χ0n) is 10.4. The van der Waals surface area contributed by atoms with Gasteiger partial charge in [0.2, 0.25) is 5.91 Å². The molecule has 0 spiro atoms. The van der Waals surface area contributed by atoms with E-state index in [1.54, 1.807) is 11.8 Å². The highest BCUT2D eigenvalue weighted by molar-refractivity contribution is 8.02. The third-order valence-corrected chi connectivity index (χ3v) is 3.95. The molecule has 0 aromatic heterocycles. The number of carbonyl (C=O) groups is 1. The van der Waals surface area contributed by atoms with E-state index in [1.807, 2.05) is 18.8 Å². The van der Waals surface area contributed by atoms with E-state index in [4.69, 9.17) is 0 Å². The second-order valence-electron chi connectivity index (χ2n) is 4.22. The van der Waals surface area contributed by atoms with E-state index in [1.165, 1.54) is 5.57 Å². The van der Waals surface area contributed by atoms with E-state index in [2.05, 4.69) is 24.5 Å². The summed E-state index contributed by atoms with van der Waals surface area (Å²) < 4.78 is 0. The summed E-state index contributed by atoms with van der Waals surface area (Å²) in [5, 5.41) is 2.14. The Hall–Kier alpha value is -0.700. The number of rotatable bonds is 5. The summed E-state index contributed by atoms with van der Waals surface area (Å²) in [5.41, 5.74) is 1.52. The molecule has 0 saturated heterocycles. The fourth-order valence-electron chi connectivity index (χ4n) is 1.82. The Kier molecular flexibility index (Phi) is 5.67. The van der Waals surface area contributed by atoms with Crippen LogP contribution in [0.15, 0.2) is 23.1 Å². The Morgan fingerprint density at radius 2 is 2.38 bits per heavy atom. The van der Waals surface area contributed by atoms with Crippen LogP contribution >= 0.6 is 11.8 Å². The van der Waals surface area contributed by atoms with Crippen molar-refractivity contribution in [1.29, 1.82) is 0 Å². The fraction of sp³-hybridized carbons (Fsp3) is 0.615. The molecule has 0 aromatic carbocycles. The highest BCUT2D eigenvalue weighted by Crippen LogP contribution is 2.26. The van der Waals surface area contributed by atoms with Crippen LogP contribution < -0.4 is 0 Å². The van der Waals surface area contributed by atoms with Crippen LogP contribution in [0.3, 0.4) is 0 Å². The molecule has 2 nitrogen and oxygen atoms in total. The molecule has 0 N–H and O–H groups in total. The van der Waals surface area contributed by atoms with Crippen molar-refractivity contribution in [2.24, 2.45) is 5.92 Å². The van der Waals surface area contributed by atoms with Crippen molar-refractivity contribution in [3.63, 3.8) is 0 Å². The Bertz CT molecular complexity index is 296. The van der Waals surface area contributed by atoms with E-state index in [-0.39, 0.29) is 5.91 Å². The maximum absolute atomic E-state index is 11.1. The molecule has 1 aliphatic rings. The fourth-order valence-corrected chi connectivity index (χ4v) is 2.63. The van der Waals surface area contributed by atoms with Crippen LogP contribution in [0.2, 0.25) is 0 Å². The average molecular weight is 239 g/mol. The predicted molar refractivity (Wildman–Crippen MR) is 71.4 cm³/mol. The Morgan fingerprint density at radius 3 is 2.88 bits per heavy atom. The first kappa shape index (κ1) is 13.4. The second-order valence-corrected chi connectivity index (χ2v) is 5.11. The third-order valence-electron chi connectivity index (χ3n) is 3.10. The highest BCUT2D eigenvalue weighted by Gasteiger charge is 2.14. The van der Waals surface area contributed by atoms with E-state index in [0.29, 0.717) is 5.92 Å². The lowest BCUT2D eigenvalue weighted by molar-refractivity contribution is -0.127. The molecule has 0 aliphatic carbocycles. The van der Waals surface area contributed by atoms with Crippen LogP contribution in [0.4, 0.5) is 0 Å². The molecule has 1 atom stereocenters. The minimum absolute atomic E-state index is 0.154. The molecule has 16 heavy (non-hydrogen) atoms. The van der Waals surface area contributed by atoms with Crippen molar-refractivity contribution in [1.82, 2.24) is 4.90 Å². The van der Waals surface area contributed by atoms with Gasteiger partial charge in [-0.05, 0) is 24.2 Å². The van der Waals surface area contributed by atoms with Gasteiger partial charge in [0.1, 0.15) is 0 Å². The van der Waals surface area contributed by atoms with Gasteiger partial charge in [-0.1, -0.05) is 24.6 Å². The molecule has 0 bridgehead atoms. The molecule has 1 amide bonds. The molecule has 0 fully saturated rings. The highest BCUT2D eigenvalue weighted by atomic mass is 32.2. The number of hydrogen-bond acceptors (Lipinski definition) is 2. The standard InChI is InChI=1S/C13H21NOS/c1-4-12(7-8-14(3)11(2)15)13-6-5-9-16-10-13/h5-6,9,12H,4,7-8,10H2,1-3H3. The van der Waals surface area contributed by atoms with Crippen molar-refractivity contribution < 1.29 is 4.79 Å². The van der Waals surface area contributed by atoms with Crippen LogP contribution in [0.5, 0.6) is 0 Å². The lowest BCUT2D eigenvalue weighted by Crippen LogP contribution is -2.26. The number of thioether (sulfide) groups is 1. The van der Waals surface area contributed by atoms with Crippen LogP contribution in [-0.2, 0) is 4.79 Å². The molecule has 1 aliphatic heterocycles. The maximum atomic E-state index is 11.1. The monoisotopic (exact) mass is 239 g/mol. The minimum Gasteiger partial charge on any atom is -0.346 e. The number of carbonyl (C=O) groups excluding carboxylic acids is 1. The van der Waals surface area contributed by atoms with Crippen molar-refractivity contribution >= 4 is 17.7 Å². The molecule has 0 saturated carbocycles. The number of nitrogens with zero attached hydrogens (tertiary/aromatic N) is 1. The van der Waals surface area contributed by atoms with Crippen LogP contribution in [0.25, 0.3) is 0 Å². The minimum atomic E-state index is 0.154. The largest absolute Gasteiger partial charge is 0.346 e. The van der Waals surface area contributed by atoms with Gasteiger partial charge < -0.3 is 4.90 Å². The molecular formula is C13H21NOS. The van der Waals surface area contributed by atoms with E-state index < -0.39 is 0 Å². The van der Waals surface area contributed by atoms with Crippen molar-refractivity contribution in [2.75, 3.05) is 19.3 Å². The van der Waals surface area contributed by atoms with Crippen LogP contribution in [0, 0.1) is 5.92 Å². The Balaban J connectivity index is 2.46. The van der Waals surface area contributed by atoms with Gasteiger partial charge in [-0.15, -0.1) is 11.8 Å². The molecule has 90 valence electrons. The second kappa shape index (κ2) is 6.79. The van der Waals surface area contributed by atoms with Gasteiger partial charge in [-0.2, -0.15) is 0 Å².